The summed E-state index contributed by atoms with van der Waals surface area (Å²) in [5.74, 6) is -0.478. The quantitative estimate of drug-likeness (QED) is 0.465. The van der Waals surface area contributed by atoms with Crippen molar-refractivity contribution < 1.29 is 9.72 Å². The Bertz CT molecular complexity index is 1080. The first-order chi connectivity index (χ1) is 13.3. The molecule has 0 bridgehead atoms. The number of nitrogens with one attached hydrogen (secondary N) is 1. The van der Waals surface area contributed by atoms with Gasteiger partial charge in [0.15, 0.2) is 0 Å². The van der Waals surface area contributed by atoms with E-state index in [4.69, 9.17) is 23.2 Å². The normalized spacial score (nSPS) is 10.7. The predicted octanol–water partition coefficient (Wildman–Crippen LogP) is 5.02. The molecule has 9 heteroatoms. The van der Waals surface area contributed by atoms with Gasteiger partial charge in [-0.25, -0.2) is 0 Å². The maximum absolute atomic E-state index is 12.6. The van der Waals surface area contributed by atoms with Gasteiger partial charge >= 0.3 is 0 Å². The molecule has 1 aromatic heterocycles. The molecule has 2 aromatic carbocycles. The second-order valence-electron chi connectivity index (χ2n) is 6.21. The van der Waals surface area contributed by atoms with Gasteiger partial charge in [0, 0.05) is 16.7 Å². The Balaban J connectivity index is 1.85. The van der Waals surface area contributed by atoms with E-state index in [9.17, 15) is 14.9 Å². The van der Waals surface area contributed by atoms with Gasteiger partial charge in [-0.05, 0) is 43.7 Å². The molecule has 1 N–H and O–H groups in total. The highest BCUT2D eigenvalue weighted by Crippen LogP contribution is 2.27. The zero-order valence-corrected chi connectivity index (χ0v) is 16.6. The van der Waals surface area contributed by atoms with Gasteiger partial charge in [0.25, 0.3) is 11.6 Å². The summed E-state index contributed by atoms with van der Waals surface area (Å²) in [7, 11) is 0. The maximum Gasteiger partial charge on any atom is 0.288 e. The molecule has 0 aliphatic carbocycles. The highest BCUT2D eigenvalue weighted by molar-refractivity contribution is 6.32. The monoisotopic (exact) mass is 418 g/mol. The van der Waals surface area contributed by atoms with Crippen molar-refractivity contribution in [2.75, 3.05) is 5.32 Å². The Kier molecular flexibility index (Phi) is 5.67. The van der Waals surface area contributed by atoms with Gasteiger partial charge in [-0.15, -0.1) is 0 Å². The van der Waals surface area contributed by atoms with E-state index in [2.05, 4.69) is 10.4 Å². The molecule has 3 rings (SSSR count). The Labute approximate surface area is 171 Å². The van der Waals surface area contributed by atoms with Crippen LogP contribution in [-0.2, 0) is 6.54 Å². The minimum Gasteiger partial charge on any atom is -0.319 e. The summed E-state index contributed by atoms with van der Waals surface area (Å²) >= 11 is 11.8. The molecule has 144 valence electrons. The molecule has 0 unspecified atom stereocenters. The van der Waals surface area contributed by atoms with Crippen LogP contribution in [0.5, 0.6) is 0 Å². The van der Waals surface area contributed by atoms with Crippen LogP contribution in [0.15, 0.2) is 42.5 Å². The minimum absolute atomic E-state index is 0.0248. The first-order valence-electron chi connectivity index (χ1n) is 8.30. The summed E-state index contributed by atoms with van der Waals surface area (Å²) in [6.45, 7) is 4.11. The lowest BCUT2D eigenvalue weighted by Gasteiger charge is -2.08. The number of hydrogen-bond acceptors (Lipinski definition) is 4. The van der Waals surface area contributed by atoms with E-state index in [1.54, 1.807) is 17.7 Å². The van der Waals surface area contributed by atoms with E-state index < -0.39 is 10.8 Å². The number of nitro benzene ring substituents is 1. The predicted molar refractivity (Wildman–Crippen MR) is 108 cm³/mol. The van der Waals surface area contributed by atoms with Crippen molar-refractivity contribution in [3.63, 3.8) is 0 Å². The van der Waals surface area contributed by atoms with Crippen LogP contribution < -0.4 is 5.32 Å². The van der Waals surface area contributed by atoms with E-state index in [1.165, 1.54) is 12.1 Å². The molecule has 28 heavy (non-hydrogen) atoms. The fourth-order valence-electron chi connectivity index (χ4n) is 2.82. The molecule has 0 aliphatic rings. The molecule has 0 radical (unpaired) electrons. The number of carbonyl (C=O) groups is 1. The van der Waals surface area contributed by atoms with Crippen molar-refractivity contribution in [1.82, 2.24) is 9.78 Å². The SMILES string of the molecule is Cc1nn(Cc2cccc(Cl)c2)c(C)c1NC(=O)c1ccc(Cl)c([N+](=O)[O-])c1. The Morgan fingerprint density at radius 1 is 1.21 bits per heavy atom. The van der Waals surface area contributed by atoms with Crippen molar-refractivity contribution >= 4 is 40.5 Å². The number of benzene rings is 2. The number of nitro groups is 1. The fourth-order valence-corrected chi connectivity index (χ4v) is 3.22. The molecule has 0 saturated carbocycles. The van der Waals surface area contributed by atoms with Crippen LogP contribution in [0.3, 0.4) is 0 Å². The largest absolute Gasteiger partial charge is 0.319 e. The standard InChI is InChI=1S/C19H16Cl2N4O3/c1-11-18(12(2)24(23-11)10-13-4-3-5-15(20)8-13)22-19(26)14-6-7-16(21)17(9-14)25(27)28/h3-9H,10H2,1-2H3,(H,22,26). The van der Waals surface area contributed by atoms with Crippen LogP contribution in [0, 0.1) is 24.0 Å². The summed E-state index contributed by atoms with van der Waals surface area (Å²) < 4.78 is 1.76. The topological polar surface area (TPSA) is 90.1 Å². The number of halogens is 2. The van der Waals surface area contributed by atoms with Crippen LogP contribution in [0.1, 0.15) is 27.3 Å². The van der Waals surface area contributed by atoms with Crippen LogP contribution in [0.2, 0.25) is 10.0 Å². The number of hydrogen-bond donors (Lipinski definition) is 1. The summed E-state index contributed by atoms with van der Waals surface area (Å²) in [4.78, 5) is 23.0. The van der Waals surface area contributed by atoms with E-state index in [0.717, 1.165) is 17.3 Å². The number of rotatable bonds is 5. The summed E-state index contributed by atoms with van der Waals surface area (Å²) in [6, 6.07) is 11.4. The van der Waals surface area contributed by atoms with Crippen molar-refractivity contribution in [3.8, 4) is 0 Å². The number of carbonyl (C=O) groups excluding carboxylic acids is 1. The summed E-state index contributed by atoms with van der Waals surface area (Å²) in [6.07, 6.45) is 0. The third kappa shape index (κ3) is 4.16. The average molecular weight is 419 g/mol. The van der Waals surface area contributed by atoms with Gasteiger partial charge in [0.05, 0.1) is 28.5 Å². The molecule has 1 amide bonds. The highest BCUT2D eigenvalue weighted by Gasteiger charge is 2.19. The maximum atomic E-state index is 12.6. The zero-order valence-electron chi connectivity index (χ0n) is 15.1. The molecule has 0 aliphatic heterocycles. The lowest BCUT2D eigenvalue weighted by molar-refractivity contribution is -0.384. The smallest absolute Gasteiger partial charge is 0.288 e. The lowest BCUT2D eigenvalue weighted by Crippen LogP contribution is -2.13. The number of aromatic nitrogens is 2. The molecule has 7 nitrogen and oxygen atoms in total. The van der Waals surface area contributed by atoms with E-state index >= 15 is 0 Å². The van der Waals surface area contributed by atoms with E-state index in [-0.39, 0.29) is 16.3 Å². The third-order valence-corrected chi connectivity index (χ3v) is 4.80. The number of nitrogens with zero attached hydrogens (tertiary/aromatic N) is 3. The van der Waals surface area contributed by atoms with E-state index in [1.807, 2.05) is 25.1 Å². The van der Waals surface area contributed by atoms with Crippen LogP contribution >= 0.6 is 23.2 Å². The second-order valence-corrected chi connectivity index (χ2v) is 7.05. The molecule has 0 atom stereocenters. The van der Waals surface area contributed by atoms with Gasteiger partial charge in [0.1, 0.15) is 5.02 Å². The number of aryl methyl sites for hydroxylation is 1. The van der Waals surface area contributed by atoms with Crippen LogP contribution in [0.25, 0.3) is 0 Å². The molecular weight excluding hydrogens is 403 g/mol. The molecule has 3 aromatic rings. The van der Waals surface area contributed by atoms with Gasteiger partial charge in [-0.1, -0.05) is 35.3 Å². The zero-order chi connectivity index (χ0) is 20.4. The first kappa shape index (κ1) is 19.9. The molecule has 0 fully saturated rings. The van der Waals surface area contributed by atoms with Crippen molar-refractivity contribution in [2.45, 2.75) is 20.4 Å². The van der Waals surface area contributed by atoms with Crippen LogP contribution in [0.4, 0.5) is 11.4 Å². The highest BCUT2D eigenvalue weighted by atomic mass is 35.5. The average Bonchev–Trinajstić information content (AvgIpc) is 2.89. The Hall–Kier alpha value is -2.90. The van der Waals surface area contributed by atoms with Crippen molar-refractivity contribution in [2.24, 2.45) is 0 Å². The van der Waals surface area contributed by atoms with Crippen LogP contribution in [-0.4, -0.2) is 20.6 Å². The van der Waals surface area contributed by atoms with Gasteiger partial charge in [-0.3, -0.25) is 19.6 Å². The van der Waals surface area contributed by atoms with Gasteiger partial charge in [0.2, 0.25) is 0 Å². The molecular formula is C19H16Cl2N4O3. The Morgan fingerprint density at radius 3 is 2.64 bits per heavy atom. The summed E-state index contributed by atoms with van der Waals surface area (Å²) in [5.41, 5.74) is 2.75. The molecule has 0 spiro atoms. The van der Waals surface area contributed by atoms with E-state index in [0.29, 0.717) is 22.9 Å². The second kappa shape index (κ2) is 8.00. The molecule has 0 saturated heterocycles. The van der Waals surface area contributed by atoms with Crippen molar-refractivity contribution in [3.05, 3.63) is 85.1 Å². The third-order valence-electron chi connectivity index (χ3n) is 4.25. The van der Waals surface area contributed by atoms with Crippen molar-refractivity contribution in [1.29, 1.82) is 0 Å². The summed E-state index contributed by atoms with van der Waals surface area (Å²) in [5, 5.41) is 18.9. The lowest BCUT2D eigenvalue weighted by atomic mass is 10.1. The number of amides is 1. The Morgan fingerprint density at radius 2 is 1.96 bits per heavy atom. The first-order valence-corrected chi connectivity index (χ1v) is 9.05. The van der Waals surface area contributed by atoms with Gasteiger partial charge < -0.3 is 5.32 Å². The number of anilines is 1. The fraction of sp³-hybridized carbons (Fsp3) is 0.158. The minimum atomic E-state index is -0.626. The van der Waals surface area contributed by atoms with Gasteiger partial charge in [-0.2, -0.15) is 5.10 Å². The molecule has 1 heterocycles.